The zero-order valence-corrected chi connectivity index (χ0v) is 12.6. The van der Waals surface area contributed by atoms with E-state index in [9.17, 15) is 4.39 Å². The Morgan fingerprint density at radius 2 is 2.00 bits per heavy atom. The summed E-state index contributed by atoms with van der Waals surface area (Å²) >= 11 is 0. The first kappa shape index (κ1) is 14.9. The van der Waals surface area contributed by atoms with E-state index >= 15 is 0 Å². The molecule has 4 nitrogen and oxygen atoms in total. The van der Waals surface area contributed by atoms with E-state index in [2.05, 4.69) is 26.7 Å². The van der Waals surface area contributed by atoms with Gasteiger partial charge in [-0.2, -0.15) is 4.39 Å². The molecule has 116 valence electrons. The molecule has 2 aromatic heterocycles. The predicted octanol–water partition coefficient (Wildman–Crippen LogP) is 2.56. The topological polar surface area (TPSA) is 49.8 Å². The molecule has 1 aliphatic rings. The molecule has 0 aliphatic heterocycles. The average molecular weight is 300 g/mol. The summed E-state index contributed by atoms with van der Waals surface area (Å²) in [6, 6.07) is 9.49. The third-order valence-electron chi connectivity index (χ3n) is 4.06. The lowest BCUT2D eigenvalue weighted by Crippen LogP contribution is -2.33. The Morgan fingerprint density at radius 1 is 1.09 bits per heavy atom. The standard InChI is InChI=1S/C17H21FN4/c18-16-4-1-5-17(22-16)21-12-11-19-14-7-6-13-3-2-10-20-15(13)9-8-14/h1-5,10,14,19H,6-9,11-12H2,(H,21,22). The van der Waals surface area contributed by atoms with Crippen LogP contribution in [0.4, 0.5) is 10.2 Å². The van der Waals surface area contributed by atoms with Crippen LogP contribution < -0.4 is 10.6 Å². The molecule has 0 saturated carbocycles. The highest BCUT2D eigenvalue weighted by molar-refractivity contribution is 5.33. The zero-order valence-electron chi connectivity index (χ0n) is 12.6. The van der Waals surface area contributed by atoms with Crippen molar-refractivity contribution in [2.24, 2.45) is 0 Å². The van der Waals surface area contributed by atoms with Crippen molar-refractivity contribution in [2.75, 3.05) is 18.4 Å². The molecular weight excluding hydrogens is 279 g/mol. The van der Waals surface area contributed by atoms with E-state index in [0.29, 0.717) is 11.9 Å². The quantitative estimate of drug-likeness (QED) is 0.506. The van der Waals surface area contributed by atoms with Gasteiger partial charge in [-0.05, 0) is 49.4 Å². The van der Waals surface area contributed by atoms with E-state index in [1.165, 1.54) is 17.3 Å². The van der Waals surface area contributed by atoms with Gasteiger partial charge >= 0.3 is 0 Å². The van der Waals surface area contributed by atoms with E-state index in [0.717, 1.165) is 38.8 Å². The number of hydrogen-bond donors (Lipinski definition) is 2. The van der Waals surface area contributed by atoms with Gasteiger partial charge in [0.15, 0.2) is 0 Å². The number of nitrogens with zero attached hydrogens (tertiary/aromatic N) is 2. The fraction of sp³-hybridized carbons (Fsp3) is 0.412. The summed E-state index contributed by atoms with van der Waals surface area (Å²) in [5.41, 5.74) is 2.63. The minimum atomic E-state index is -0.452. The van der Waals surface area contributed by atoms with Crippen molar-refractivity contribution < 1.29 is 4.39 Å². The fourth-order valence-corrected chi connectivity index (χ4v) is 2.89. The summed E-state index contributed by atoms with van der Waals surface area (Å²) in [5, 5.41) is 6.70. The first-order chi connectivity index (χ1) is 10.8. The van der Waals surface area contributed by atoms with Gasteiger partial charge in [0.2, 0.25) is 5.95 Å². The third-order valence-corrected chi connectivity index (χ3v) is 4.06. The predicted molar refractivity (Wildman–Crippen MR) is 85.4 cm³/mol. The first-order valence-electron chi connectivity index (χ1n) is 7.84. The van der Waals surface area contributed by atoms with Crippen molar-refractivity contribution in [2.45, 2.75) is 31.7 Å². The molecule has 1 aliphatic carbocycles. The molecule has 0 fully saturated rings. The Hall–Kier alpha value is -2.01. The molecule has 0 bridgehead atoms. The number of hydrogen-bond acceptors (Lipinski definition) is 4. The van der Waals surface area contributed by atoms with Crippen molar-refractivity contribution in [1.82, 2.24) is 15.3 Å². The molecule has 0 saturated heterocycles. The van der Waals surface area contributed by atoms with E-state index in [1.807, 2.05) is 12.3 Å². The Labute approximate surface area is 130 Å². The highest BCUT2D eigenvalue weighted by Crippen LogP contribution is 2.18. The van der Waals surface area contributed by atoms with Gasteiger partial charge in [0.1, 0.15) is 5.82 Å². The number of aromatic nitrogens is 2. The Kier molecular flexibility index (Phi) is 4.96. The Balaban J connectivity index is 1.41. The Bertz CT molecular complexity index is 590. The molecular formula is C17H21FN4. The average Bonchev–Trinajstić information content (AvgIpc) is 2.74. The number of fused-ring (bicyclic) bond motifs is 1. The maximum absolute atomic E-state index is 13.0. The van der Waals surface area contributed by atoms with Gasteiger partial charge in [0.05, 0.1) is 0 Å². The van der Waals surface area contributed by atoms with E-state index in [-0.39, 0.29) is 0 Å². The van der Waals surface area contributed by atoms with Crippen molar-refractivity contribution in [1.29, 1.82) is 0 Å². The lowest BCUT2D eigenvalue weighted by molar-refractivity contribution is 0.471. The van der Waals surface area contributed by atoms with E-state index in [1.54, 1.807) is 12.1 Å². The van der Waals surface area contributed by atoms with Crippen molar-refractivity contribution in [3.63, 3.8) is 0 Å². The van der Waals surface area contributed by atoms with Crippen molar-refractivity contribution in [3.05, 3.63) is 53.7 Å². The molecule has 2 N–H and O–H groups in total. The third kappa shape index (κ3) is 4.01. The largest absolute Gasteiger partial charge is 0.369 e. The van der Waals surface area contributed by atoms with Gasteiger partial charge in [-0.3, -0.25) is 4.98 Å². The Morgan fingerprint density at radius 3 is 2.91 bits per heavy atom. The van der Waals surface area contributed by atoms with E-state index in [4.69, 9.17) is 0 Å². The maximum atomic E-state index is 13.0. The number of rotatable bonds is 5. The summed E-state index contributed by atoms with van der Waals surface area (Å²) in [6.45, 7) is 1.57. The van der Waals surface area contributed by atoms with Gasteiger partial charge in [0, 0.05) is 31.0 Å². The number of nitrogens with one attached hydrogen (secondary N) is 2. The SMILES string of the molecule is Fc1cccc(NCCNC2CCc3cccnc3CC2)n1. The highest BCUT2D eigenvalue weighted by Gasteiger charge is 2.15. The maximum Gasteiger partial charge on any atom is 0.214 e. The van der Waals surface area contributed by atoms with Crippen LogP contribution >= 0.6 is 0 Å². The van der Waals surface area contributed by atoms with Crippen LogP contribution in [0, 0.1) is 5.95 Å². The van der Waals surface area contributed by atoms with Crippen LogP contribution in [0.1, 0.15) is 24.1 Å². The minimum absolute atomic E-state index is 0.452. The monoisotopic (exact) mass is 300 g/mol. The molecule has 2 heterocycles. The van der Waals surface area contributed by atoms with Gasteiger partial charge < -0.3 is 10.6 Å². The summed E-state index contributed by atoms with van der Waals surface area (Å²) < 4.78 is 13.0. The number of pyridine rings is 2. The molecule has 1 atom stereocenters. The summed E-state index contributed by atoms with van der Waals surface area (Å²) in [5.74, 6) is 0.131. The molecule has 3 rings (SSSR count). The van der Waals surface area contributed by atoms with Gasteiger partial charge in [-0.1, -0.05) is 12.1 Å². The first-order valence-corrected chi connectivity index (χ1v) is 7.84. The summed E-state index contributed by atoms with van der Waals surface area (Å²) in [7, 11) is 0. The molecule has 0 radical (unpaired) electrons. The van der Waals surface area contributed by atoms with Crippen molar-refractivity contribution in [3.8, 4) is 0 Å². The fourth-order valence-electron chi connectivity index (χ4n) is 2.89. The molecule has 0 aromatic carbocycles. The molecule has 2 aromatic rings. The van der Waals surface area contributed by atoms with Crippen LogP contribution in [-0.4, -0.2) is 29.1 Å². The molecule has 5 heteroatoms. The zero-order chi connectivity index (χ0) is 15.2. The number of anilines is 1. The lowest BCUT2D eigenvalue weighted by Gasteiger charge is -2.16. The van der Waals surface area contributed by atoms with Crippen LogP contribution in [0.15, 0.2) is 36.5 Å². The second-order valence-corrected chi connectivity index (χ2v) is 5.61. The van der Waals surface area contributed by atoms with Crippen LogP contribution in [0.5, 0.6) is 0 Å². The van der Waals surface area contributed by atoms with Gasteiger partial charge in [-0.15, -0.1) is 0 Å². The number of halogens is 1. The molecule has 1 unspecified atom stereocenters. The van der Waals surface area contributed by atoms with Crippen LogP contribution in [-0.2, 0) is 12.8 Å². The summed E-state index contributed by atoms with van der Waals surface area (Å²) in [6.07, 6.45) is 6.24. The van der Waals surface area contributed by atoms with Gasteiger partial charge in [0.25, 0.3) is 0 Å². The van der Waals surface area contributed by atoms with Crippen LogP contribution in [0.2, 0.25) is 0 Å². The second-order valence-electron chi connectivity index (χ2n) is 5.61. The van der Waals surface area contributed by atoms with Gasteiger partial charge in [-0.25, -0.2) is 4.98 Å². The smallest absolute Gasteiger partial charge is 0.214 e. The molecule has 22 heavy (non-hydrogen) atoms. The highest BCUT2D eigenvalue weighted by atomic mass is 19.1. The normalized spacial score (nSPS) is 17.6. The lowest BCUT2D eigenvalue weighted by atomic mass is 10.1. The second kappa shape index (κ2) is 7.31. The van der Waals surface area contributed by atoms with E-state index < -0.39 is 5.95 Å². The molecule has 0 amide bonds. The summed E-state index contributed by atoms with van der Waals surface area (Å²) in [4.78, 5) is 8.26. The minimum Gasteiger partial charge on any atom is -0.369 e. The van der Waals surface area contributed by atoms with Crippen LogP contribution in [0.3, 0.4) is 0 Å². The number of aryl methyl sites for hydroxylation is 2. The molecule has 0 spiro atoms. The van der Waals surface area contributed by atoms with Crippen molar-refractivity contribution >= 4 is 5.82 Å². The van der Waals surface area contributed by atoms with Crippen LogP contribution in [0.25, 0.3) is 0 Å².